The van der Waals surface area contributed by atoms with Gasteiger partial charge in [0.2, 0.25) is 0 Å². The molecule has 0 aliphatic carbocycles. The Morgan fingerprint density at radius 3 is 2.50 bits per heavy atom. The third-order valence-corrected chi connectivity index (χ3v) is 6.46. The van der Waals surface area contributed by atoms with E-state index in [0.29, 0.717) is 6.04 Å². The van der Waals surface area contributed by atoms with Crippen LogP contribution in [0.3, 0.4) is 0 Å². The predicted octanol–water partition coefficient (Wildman–Crippen LogP) is 3.76. The zero-order valence-electron chi connectivity index (χ0n) is 16.7. The van der Waals surface area contributed by atoms with Crippen LogP contribution in [0.25, 0.3) is 11.0 Å². The first kappa shape index (κ1) is 18.1. The summed E-state index contributed by atoms with van der Waals surface area (Å²) in [5.74, 6) is 1.06. The van der Waals surface area contributed by atoms with Gasteiger partial charge in [0.25, 0.3) is 0 Å². The SMILES string of the molecule is C[C@@H]1CCCN1CCc1cc2ccc(B3OC(C)(C)C(C)(C)O3)cc2o1. The van der Waals surface area contributed by atoms with Gasteiger partial charge in [0.05, 0.1) is 11.2 Å². The second-order valence-corrected chi connectivity index (χ2v) is 8.88. The molecule has 0 radical (unpaired) electrons. The summed E-state index contributed by atoms with van der Waals surface area (Å²) >= 11 is 0. The van der Waals surface area contributed by atoms with Crippen molar-refractivity contribution in [3.05, 3.63) is 30.0 Å². The molecule has 4 rings (SSSR count). The topological polar surface area (TPSA) is 34.8 Å². The number of nitrogens with zero attached hydrogens (tertiary/aromatic N) is 1. The Morgan fingerprint density at radius 1 is 1.12 bits per heavy atom. The lowest BCUT2D eigenvalue weighted by atomic mass is 9.79. The van der Waals surface area contributed by atoms with Gasteiger partial charge in [-0.25, -0.2) is 0 Å². The normalized spacial score (nSPS) is 25.4. The summed E-state index contributed by atoms with van der Waals surface area (Å²) in [5.41, 5.74) is 1.28. The maximum absolute atomic E-state index is 6.16. The number of furan rings is 1. The van der Waals surface area contributed by atoms with Crippen LogP contribution in [0.1, 0.15) is 53.2 Å². The van der Waals surface area contributed by atoms with Crippen molar-refractivity contribution in [2.45, 2.75) is 71.1 Å². The lowest BCUT2D eigenvalue weighted by Gasteiger charge is -2.32. The molecular weight excluding hydrogens is 325 g/mol. The molecule has 2 aromatic rings. The molecule has 4 nitrogen and oxygen atoms in total. The van der Waals surface area contributed by atoms with Gasteiger partial charge in [-0.1, -0.05) is 12.1 Å². The van der Waals surface area contributed by atoms with Crippen LogP contribution < -0.4 is 5.46 Å². The molecule has 1 aromatic heterocycles. The molecule has 0 N–H and O–H groups in total. The maximum atomic E-state index is 6.16. The van der Waals surface area contributed by atoms with Crippen molar-refractivity contribution in [3.8, 4) is 0 Å². The summed E-state index contributed by atoms with van der Waals surface area (Å²) in [4.78, 5) is 2.56. The van der Waals surface area contributed by atoms with Gasteiger partial charge in [-0.15, -0.1) is 0 Å². The highest BCUT2D eigenvalue weighted by Crippen LogP contribution is 2.36. The summed E-state index contributed by atoms with van der Waals surface area (Å²) in [6.45, 7) is 12.9. The molecule has 140 valence electrons. The zero-order valence-corrected chi connectivity index (χ0v) is 16.7. The van der Waals surface area contributed by atoms with Gasteiger partial charge < -0.3 is 18.6 Å². The Hall–Kier alpha value is -1.30. The van der Waals surface area contributed by atoms with Crippen LogP contribution in [-0.4, -0.2) is 42.4 Å². The smallest absolute Gasteiger partial charge is 0.461 e. The molecule has 0 saturated carbocycles. The molecule has 0 amide bonds. The van der Waals surface area contributed by atoms with E-state index < -0.39 is 0 Å². The summed E-state index contributed by atoms with van der Waals surface area (Å²) in [6, 6.07) is 9.14. The Morgan fingerprint density at radius 2 is 1.85 bits per heavy atom. The van der Waals surface area contributed by atoms with Crippen LogP contribution in [0.15, 0.2) is 28.7 Å². The third kappa shape index (κ3) is 3.21. The van der Waals surface area contributed by atoms with Crippen LogP contribution in [0.4, 0.5) is 0 Å². The van der Waals surface area contributed by atoms with Crippen molar-refractivity contribution in [1.82, 2.24) is 4.90 Å². The lowest BCUT2D eigenvalue weighted by Crippen LogP contribution is -2.41. The molecule has 2 aliphatic rings. The van der Waals surface area contributed by atoms with Crippen molar-refractivity contribution in [2.24, 2.45) is 0 Å². The van der Waals surface area contributed by atoms with E-state index in [9.17, 15) is 0 Å². The van der Waals surface area contributed by atoms with Gasteiger partial charge in [0.1, 0.15) is 11.3 Å². The standard InChI is InChI=1S/C21H30BNO3/c1-15-7-6-11-23(15)12-10-18-13-16-8-9-17(14-19(16)24-18)22-25-20(2,3)21(4,5)26-22/h8-9,13-15H,6-7,10-12H2,1-5H3/t15-/m1/s1. The number of fused-ring (bicyclic) bond motifs is 1. The first-order valence-corrected chi connectivity index (χ1v) is 9.87. The van der Waals surface area contributed by atoms with E-state index in [4.69, 9.17) is 13.7 Å². The zero-order chi connectivity index (χ0) is 18.5. The molecule has 2 saturated heterocycles. The van der Waals surface area contributed by atoms with E-state index in [-0.39, 0.29) is 18.3 Å². The molecule has 3 heterocycles. The minimum Gasteiger partial charge on any atom is -0.461 e. The number of hydrogen-bond donors (Lipinski definition) is 0. The molecule has 0 bridgehead atoms. The fourth-order valence-corrected chi connectivity index (χ4v) is 3.93. The second-order valence-electron chi connectivity index (χ2n) is 8.88. The molecule has 2 aliphatic heterocycles. The van der Waals surface area contributed by atoms with E-state index in [1.165, 1.54) is 19.4 Å². The minimum atomic E-state index is -0.344. The van der Waals surface area contributed by atoms with Crippen LogP contribution in [0.2, 0.25) is 0 Å². The van der Waals surface area contributed by atoms with Crippen LogP contribution in [-0.2, 0) is 15.7 Å². The van der Waals surface area contributed by atoms with Gasteiger partial charge in [-0.3, -0.25) is 0 Å². The molecule has 5 heteroatoms. The number of rotatable bonds is 4. The Balaban J connectivity index is 1.49. The van der Waals surface area contributed by atoms with E-state index in [0.717, 1.165) is 35.2 Å². The van der Waals surface area contributed by atoms with Crippen LogP contribution in [0, 0.1) is 0 Å². The lowest BCUT2D eigenvalue weighted by molar-refractivity contribution is 0.00578. The van der Waals surface area contributed by atoms with Crippen molar-refractivity contribution < 1.29 is 13.7 Å². The van der Waals surface area contributed by atoms with E-state index >= 15 is 0 Å². The highest BCUT2D eigenvalue weighted by Gasteiger charge is 2.51. The van der Waals surface area contributed by atoms with Gasteiger partial charge in [0, 0.05) is 24.4 Å². The van der Waals surface area contributed by atoms with E-state index in [1.54, 1.807) is 0 Å². The monoisotopic (exact) mass is 355 g/mol. The average Bonchev–Trinajstić information content (AvgIpc) is 3.21. The average molecular weight is 355 g/mol. The minimum absolute atomic E-state index is 0.326. The van der Waals surface area contributed by atoms with Gasteiger partial charge in [-0.05, 0) is 71.6 Å². The Bertz CT molecular complexity index is 782. The molecule has 26 heavy (non-hydrogen) atoms. The quantitative estimate of drug-likeness (QED) is 0.783. The largest absolute Gasteiger partial charge is 0.494 e. The first-order chi connectivity index (χ1) is 12.2. The van der Waals surface area contributed by atoms with Crippen LogP contribution in [0.5, 0.6) is 0 Å². The van der Waals surface area contributed by atoms with Crippen molar-refractivity contribution in [2.75, 3.05) is 13.1 Å². The van der Waals surface area contributed by atoms with E-state index in [2.05, 4.69) is 63.8 Å². The van der Waals surface area contributed by atoms with Gasteiger partial charge in [-0.2, -0.15) is 0 Å². The molecule has 1 aromatic carbocycles. The molecule has 2 fully saturated rings. The molecule has 0 unspecified atom stereocenters. The fraction of sp³-hybridized carbons (Fsp3) is 0.619. The predicted molar refractivity (Wildman–Crippen MR) is 106 cm³/mol. The fourth-order valence-electron chi connectivity index (χ4n) is 3.93. The number of benzene rings is 1. The highest BCUT2D eigenvalue weighted by molar-refractivity contribution is 6.62. The van der Waals surface area contributed by atoms with Crippen molar-refractivity contribution in [3.63, 3.8) is 0 Å². The van der Waals surface area contributed by atoms with Crippen molar-refractivity contribution >= 4 is 23.6 Å². The maximum Gasteiger partial charge on any atom is 0.494 e. The molecule has 0 spiro atoms. The molecular formula is C21H30BNO3. The summed E-state index contributed by atoms with van der Waals surface area (Å²) in [7, 11) is -0.344. The molecule has 1 atom stereocenters. The van der Waals surface area contributed by atoms with E-state index in [1.807, 2.05) is 0 Å². The van der Waals surface area contributed by atoms with Gasteiger partial charge in [0.15, 0.2) is 0 Å². The van der Waals surface area contributed by atoms with Crippen LogP contribution >= 0.6 is 0 Å². The summed E-state index contributed by atoms with van der Waals surface area (Å²) < 4.78 is 18.5. The van der Waals surface area contributed by atoms with Gasteiger partial charge >= 0.3 is 7.12 Å². The highest BCUT2D eigenvalue weighted by atomic mass is 16.7. The number of likely N-dealkylation sites (tertiary alicyclic amines) is 1. The van der Waals surface area contributed by atoms with Crippen molar-refractivity contribution in [1.29, 1.82) is 0 Å². The Kier molecular flexibility index (Phi) is 4.45. The second kappa shape index (κ2) is 6.40. The third-order valence-electron chi connectivity index (χ3n) is 6.46. The first-order valence-electron chi connectivity index (χ1n) is 9.87. The summed E-state index contributed by atoms with van der Waals surface area (Å²) in [5, 5.41) is 1.15. The number of hydrogen-bond acceptors (Lipinski definition) is 4. The summed E-state index contributed by atoms with van der Waals surface area (Å²) in [6.07, 6.45) is 3.60. The Labute approximate surface area is 157 Å².